The molecule has 0 bridgehead atoms. The minimum Gasteiger partial charge on any atom is -0.467 e. The van der Waals surface area contributed by atoms with Crippen LogP contribution in [-0.2, 0) is 9.53 Å². The first-order valence-electron chi connectivity index (χ1n) is 6.51. The number of methoxy groups -OCH3 is 1. The normalized spacial score (nSPS) is 14.6. The highest BCUT2D eigenvalue weighted by atomic mass is 16.5. The average Bonchev–Trinajstić information content (AvgIpc) is 2.78. The number of hydrogen-bond acceptors (Lipinski definition) is 5. The van der Waals surface area contributed by atoms with Gasteiger partial charge in [0.25, 0.3) is 11.8 Å². The molecule has 1 heterocycles. The molecule has 0 spiro atoms. The van der Waals surface area contributed by atoms with Crippen LogP contribution in [-0.4, -0.2) is 42.4 Å². The number of terminal acetylenes is 1. The van der Waals surface area contributed by atoms with Crippen LogP contribution in [0, 0.1) is 12.5 Å². The molecule has 0 saturated carbocycles. The van der Waals surface area contributed by atoms with Gasteiger partial charge in [-0.05, 0) is 12.1 Å². The van der Waals surface area contributed by atoms with Gasteiger partial charge in [-0.25, -0.2) is 4.79 Å². The van der Waals surface area contributed by atoms with Gasteiger partial charge in [0.1, 0.15) is 6.04 Å². The van der Waals surface area contributed by atoms with Crippen LogP contribution in [0.1, 0.15) is 20.7 Å². The molecule has 1 aliphatic heterocycles. The topological polar surface area (TPSA) is 75.7 Å². The minimum atomic E-state index is -0.829. The molecule has 1 aliphatic rings. The summed E-state index contributed by atoms with van der Waals surface area (Å²) >= 11 is 0. The standard InChI is InChI=1S/C16H14N2O4/c1-3-17-13(16(21)22-2)9-6-10-18-14(19)11-7-4-5-8-12(11)15(18)20/h1,4-9,13,17H,10H2,2H3. The van der Waals surface area contributed by atoms with Gasteiger partial charge in [0.2, 0.25) is 0 Å². The van der Waals surface area contributed by atoms with Gasteiger partial charge in [-0.3, -0.25) is 14.5 Å². The molecule has 112 valence electrons. The van der Waals surface area contributed by atoms with Crippen molar-refractivity contribution in [2.75, 3.05) is 13.7 Å². The van der Waals surface area contributed by atoms with Gasteiger partial charge in [-0.2, -0.15) is 0 Å². The maximum Gasteiger partial charge on any atom is 0.332 e. The highest BCUT2D eigenvalue weighted by Crippen LogP contribution is 2.21. The molecule has 0 aliphatic carbocycles. The first-order valence-corrected chi connectivity index (χ1v) is 6.51. The number of nitrogens with one attached hydrogen (secondary N) is 1. The van der Waals surface area contributed by atoms with Crippen LogP contribution in [0.25, 0.3) is 0 Å². The molecule has 0 aromatic heterocycles. The molecule has 6 nitrogen and oxygen atoms in total. The van der Waals surface area contributed by atoms with Crippen LogP contribution in [0.2, 0.25) is 0 Å². The van der Waals surface area contributed by atoms with Crippen molar-refractivity contribution in [3.05, 3.63) is 47.5 Å². The van der Waals surface area contributed by atoms with Crippen LogP contribution < -0.4 is 5.32 Å². The summed E-state index contributed by atoms with van der Waals surface area (Å²) in [6, 6.07) is 7.93. The maximum atomic E-state index is 12.1. The van der Waals surface area contributed by atoms with Crippen molar-refractivity contribution < 1.29 is 19.1 Å². The van der Waals surface area contributed by atoms with Crippen molar-refractivity contribution in [2.45, 2.75) is 6.04 Å². The lowest BCUT2D eigenvalue weighted by Crippen LogP contribution is -2.34. The average molecular weight is 298 g/mol. The minimum absolute atomic E-state index is 0.0477. The zero-order valence-corrected chi connectivity index (χ0v) is 11.9. The number of imide groups is 1. The van der Waals surface area contributed by atoms with E-state index < -0.39 is 12.0 Å². The fraction of sp³-hybridized carbons (Fsp3) is 0.188. The highest BCUT2D eigenvalue weighted by Gasteiger charge is 2.34. The molecule has 6 heteroatoms. The smallest absolute Gasteiger partial charge is 0.332 e. The third-order valence-corrected chi connectivity index (χ3v) is 3.19. The van der Waals surface area contributed by atoms with Crippen LogP contribution in [0.4, 0.5) is 0 Å². The zero-order chi connectivity index (χ0) is 16.1. The second-order valence-corrected chi connectivity index (χ2v) is 4.48. The van der Waals surface area contributed by atoms with Gasteiger partial charge in [0, 0.05) is 12.6 Å². The maximum absolute atomic E-state index is 12.1. The van der Waals surface area contributed by atoms with Gasteiger partial charge in [0.15, 0.2) is 0 Å². The van der Waals surface area contributed by atoms with Crippen molar-refractivity contribution in [3.8, 4) is 12.5 Å². The van der Waals surface area contributed by atoms with E-state index in [-0.39, 0.29) is 18.4 Å². The fourth-order valence-corrected chi connectivity index (χ4v) is 2.11. The molecule has 0 radical (unpaired) electrons. The fourth-order valence-electron chi connectivity index (χ4n) is 2.11. The third-order valence-electron chi connectivity index (χ3n) is 3.19. The molecular formula is C16H14N2O4. The molecule has 2 amide bonds. The van der Waals surface area contributed by atoms with Gasteiger partial charge in [-0.15, -0.1) is 0 Å². The number of rotatable bonds is 5. The number of benzene rings is 1. The second kappa shape index (κ2) is 6.59. The molecule has 1 aromatic rings. The lowest BCUT2D eigenvalue weighted by atomic mass is 10.1. The number of amides is 2. The molecule has 1 atom stereocenters. The van der Waals surface area contributed by atoms with Crippen LogP contribution >= 0.6 is 0 Å². The number of nitrogens with zero attached hydrogens (tertiary/aromatic N) is 1. The summed E-state index contributed by atoms with van der Waals surface area (Å²) in [6.45, 7) is 0.0477. The number of ether oxygens (including phenoxy) is 1. The molecule has 1 N–H and O–H groups in total. The Morgan fingerprint density at radius 2 is 1.95 bits per heavy atom. The van der Waals surface area contributed by atoms with E-state index in [1.54, 1.807) is 24.3 Å². The first kappa shape index (κ1) is 15.3. The summed E-state index contributed by atoms with van der Waals surface area (Å²) in [7, 11) is 1.24. The molecule has 0 fully saturated rings. The first-order chi connectivity index (χ1) is 10.6. The Bertz CT molecular complexity index is 653. The van der Waals surface area contributed by atoms with Crippen molar-refractivity contribution in [1.82, 2.24) is 10.2 Å². The number of carbonyl (C=O) groups excluding carboxylic acids is 3. The van der Waals surface area contributed by atoms with E-state index in [0.717, 1.165) is 4.90 Å². The van der Waals surface area contributed by atoms with Gasteiger partial charge in [-0.1, -0.05) is 30.7 Å². The lowest BCUT2D eigenvalue weighted by Gasteiger charge is -2.12. The Kier molecular flexibility index (Phi) is 4.59. The summed E-state index contributed by atoms with van der Waals surface area (Å²) in [4.78, 5) is 36.8. The summed E-state index contributed by atoms with van der Waals surface area (Å²) in [5.74, 6) is -1.27. The SMILES string of the molecule is C#CNC(C=CCN1C(=O)c2ccccc2C1=O)C(=O)OC. The molecule has 1 aromatic carbocycles. The monoisotopic (exact) mass is 298 g/mol. The van der Waals surface area contributed by atoms with E-state index in [0.29, 0.717) is 11.1 Å². The third kappa shape index (κ3) is 2.83. The van der Waals surface area contributed by atoms with Crippen LogP contribution in [0.5, 0.6) is 0 Å². The summed E-state index contributed by atoms with van der Waals surface area (Å²) < 4.78 is 4.58. The van der Waals surface area contributed by atoms with Gasteiger partial charge in [0.05, 0.1) is 18.2 Å². The highest BCUT2D eigenvalue weighted by molar-refractivity contribution is 6.21. The number of hydrogen-bond donors (Lipinski definition) is 1. The van der Waals surface area contributed by atoms with Crippen molar-refractivity contribution >= 4 is 17.8 Å². The summed E-state index contributed by atoms with van der Waals surface area (Å²) in [5.41, 5.74) is 0.763. The Hall–Kier alpha value is -3.07. The Balaban J connectivity index is 2.08. The summed E-state index contributed by atoms with van der Waals surface area (Å²) in [6.07, 6.45) is 8.07. The van der Waals surface area contributed by atoms with Crippen LogP contribution in [0.3, 0.4) is 0 Å². The Morgan fingerprint density at radius 3 is 2.45 bits per heavy atom. The van der Waals surface area contributed by atoms with Crippen molar-refractivity contribution in [2.24, 2.45) is 0 Å². The Labute approximate surface area is 127 Å². The molecule has 22 heavy (non-hydrogen) atoms. The summed E-state index contributed by atoms with van der Waals surface area (Å²) in [5, 5.41) is 2.48. The van der Waals surface area contributed by atoms with E-state index in [9.17, 15) is 14.4 Å². The second-order valence-electron chi connectivity index (χ2n) is 4.48. The molecule has 1 unspecified atom stereocenters. The van der Waals surface area contributed by atoms with E-state index in [1.165, 1.54) is 19.3 Å². The van der Waals surface area contributed by atoms with E-state index in [4.69, 9.17) is 6.42 Å². The van der Waals surface area contributed by atoms with Gasteiger partial charge >= 0.3 is 5.97 Å². The lowest BCUT2D eigenvalue weighted by molar-refractivity contribution is -0.141. The number of carbonyl (C=O) groups is 3. The molecule has 0 saturated heterocycles. The van der Waals surface area contributed by atoms with Crippen LogP contribution in [0.15, 0.2) is 36.4 Å². The predicted octanol–water partition coefficient (Wildman–Crippen LogP) is 0.561. The number of esters is 1. The largest absolute Gasteiger partial charge is 0.467 e. The predicted molar refractivity (Wildman–Crippen MR) is 78.7 cm³/mol. The molecule has 2 rings (SSSR count). The quantitative estimate of drug-likeness (QED) is 0.283. The van der Waals surface area contributed by atoms with Crippen molar-refractivity contribution in [1.29, 1.82) is 0 Å². The van der Waals surface area contributed by atoms with E-state index >= 15 is 0 Å². The zero-order valence-electron chi connectivity index (χ0n) is 11.9. The van der Waals surface area contributed by atoms with Gasteiger partial charge < -0.3 is 10.1 Å². The van der Waals surface area contributed by atoms with Crippen molar-refractivity contribution in [3.63, 3.8) is 0 Å². The van der Waals surface area contributed by atoms with E-state index in [2.05, 4.69) is 16.1 Å². The number of fused-ring (bicyclic) bond motifs is 1. The van der Waals surface area contributed by atoms with E-state index in [1.807, 2.05) is 0 Å². The molecular weight excluding hydrogens is 284 g/mol. The Morgan fingerprint density at radius 1 is 1.36 bits per heavy atom.